The highest BCUT2D eigenvalue weighted by molar-refractivity contribution is 7.90. The molecule has 4 rings (SSSR count). The molecular weight excluding hydrogens is 606 g/mol. The number of amidine groups is 1. The molecule has 0 saturated carbocycles. The van der Waals surface area contributed by atoms with E-state index >= 15 is 0 Å². The average molecular weight is 658 g/mol. The molecule has 45 heavy (non-hydrogen) atoms. The summed E-state index contributed by atoms with van der Waals surface area (Å²) in [4.78, 5) is 2.45. The van der Waals surface area contributed by atoms with Crippen molar-refractivity contribution in [2.45, 2.75) is 109 Å². The number of nitrogens with zero attached hydrogens (tertiary/aromatic N) is 2. The lowest BCUT2D eigenvalue weighted by atomic mass is 9.93. The average Bonchev–Trinajstić information content (AvgIpc) is 2.91. The van der Waals surface area contributed by atoms with Crippen LogP contribution in [0.2, 0.25) is 18.1 Å². The molecule has 2 aromatic carbocycles. The Morgan fingerprint density at radius 2 is 1.73 bits per heavy atom. The molecule has 0 aromatic heterocycles. The molecular formula is C35H52FN3O4SSi. The second-order valence-corrected chi connectivity index (χ2v) is 21.8. The van der Waals surface area contributed by atoms with Gasteiger partial charge in [0, 0.05) is 30.8 Å². The summed E-state index contributed by atoms with van der Waals surface area (Å²) >= 11 is 0. The molecule has 0 bridgehead atoms. The number of rotatable bonds is 8. The van der Waals surface area contributed by atoms with Crippen molar-refractivity contribution in [3.05, 3.63) is 77.1 Å². The Kier molecular flexibility index (Phi) is 10.2. The number of benzene rings is 2. The second-order valence-electron chi connectivity index (χ2n) is 15.3. The Labute approximate surface area is 271 Å². The van der Waals surface area contributed by atoms with Crippen LogP contribution < -0.4 is 5.32 Å². The standard InChI is InChI=1S/C35H52FN3O4SSi/c1-33(2,3)39-22-19-26(20-23-39)25-15-17-27(18-16-25)31-35(7,8)43-32(38-44(31,40)41)37-30(28-13-11-12-14-29(28)36)21-24-42-45(9,10)34(4,5)6/h11-19,30-31H,20-24H2,1-10H3,(H,37,38)/t30-,31?/m0/s1. The predicted molar refractivity (Wildman–Crippen MR) is 185 cm³/mol. The summed E-state index contributed by atoms with van der Waals surface area (Å²) in [5, 5.41) is 2.14. The summed E-state index contributed by atoms with van der Waals surface area (Å²) in [5.41, 5.74) is 2.36. The minimum absolute atomic E-state index is 0.0244. The van der Waals surface area contributed by atoms with Crippen LogP contribution in [-0.2, 0) is 19.2 Å². The maximum Gasteiger partial charge on any atom is 0.301 e. The van der Waals surface area contributed by atoms with Crippen LogP contribution in [0.3, 0.4) is 0 Å². The summed E-state index contributed by atoms with van der Waals surface area (Å²) < 4.78 is 59.2. The first-order valence-corrected chi connectivity index (χ1v) is 20.3. The predicted octanol–water partition coefficient (Wildman–Crippen LogP) is 7.99. The molecule has 0 spiro atoms. The van der Waals surface area contributed by atoms with E-state index in [9.17, 15) is 12.8 Å². The zero-order valence-corrected chi connectivity index (χ0v) is 30.5. The molecule has 0 fully saturated rings. The van der Waals surface area contributed by atoms with E-state index in [1.165, 1.54) is 11.6 Å². The van der Waals surface area contributed by atoms with Crippen molar-refractivity contribution >= 4 is 29.9 Å². The van der Waals surface area contributed by atoms with E-state index in [1.807, 2.05) is 24.3 Å². The third-order valence-electron chi connectivity index (χ3n) is 9.50. The van der Waals surface area contributed by atoms with Crippen LogP contribution in [0.4, 0.5) is 4.39 Å². The van der Waals surface area contributed by atoms with E-state index in [1.54, 1.807) is 32.0 Å². The third-order valence-corrected chi connectivity index (χ3v) is 15.9. The first-order valence-electron chi connectivity index (χ1n) is 15.9. The fourth-order valence-corrected chi connectivity index (χ4v) is 8.50. The summed E-state index contributed by atoms with van der Waals surface area (Å²) in [7, 11) is -6.08. The van der Waals surface area contributed by atoms with Gasteiger partial charge in [-0.15, -0.1) is 4.40 Å². The van der Waals surface area contributed by atoms with Gasteiger partial charge in [-0.25, -0.2) is 12.8 Å². The van der Waals surface area contributed by atoms with Gasteiger partial charge in [0.05, 0.1) is 6.04 Å². The number of hydrogen-bond donors (Lipinski definition) is 1. The largest absolute Gasteiger partial charge is 0.457 e. The van der Waals surface area contributed by atoms with Crippen molar-refractivity contribution < 1.29 is 22.0 Å². The Bertz CT molecular complexity index is 1520. The van der Waals surface area contributed by atoms with Crippen molar-refractivity contribution in [1.82, 2.24) is 10.2 Å². The smallest absolute Gasteiger partial charge is 0.301 e. The van der Waals surface area contributed by atoms with Crippen LogP contribution in [-0.4, -0.2) is 58.5 Å². The molecule has 2 atom stereocenters. The minimum Gasteiger partial charge on any atom is -0.457 e. The maximum absolute atomic E-state index is 15.0. The molecule has 7 nitrogen and oxygen atoms in total. The molecule has 1 unspecified atom stereocenters. The quantitative estimate of drug-likeness (QED) is 0.290. The van der Waals surface area contributed by atoms with Crippen molar-refractivity contribution in [2.24, 2.45) is 4.40 Å². The fraction of sp³-hybridized carbons (Fsp3) is 0.571. The van der Waals surface area contributed by atoms with Crippen LogP contribution in [0, 0.1) is 5.82 Å². The first-order chi connectivity index (χ1) is 20.7. The molecule has 0 amide bonds. The Morgan fingerprint density at radius 1 is 1.09 bits per heavy atom. The monoisotopic (exact) mass is 657 g/mol. The van der Waals surface area contributed by atoms with Gasteiger partial charge in [-0.05, 0) is 88.4 Å². The lowest BCUT2D eigenvalue weighted by molar-refractivity contribution is 0.0760. The molecule has 2 heterocycles. The van der Waals surface area contributed by atoms with Crippen molar-refractivity contribution in [2.75, 3.05) is 19.7 Å². The normalized spacial score (nSPS) is 21.4. The Morgan fingerprint density at radius 3 is 2.27 bits per heavy atom. The SMILES string of the molecule is CC1(C)OC(N[C@@H](CCO[Si](C)(C)C(C)(C)C)c2ccccc2F)=NS(=O)(=O)C1c1ccc(C2=CCN(C(C)(C)C)CC2)cc1. The molecule has 0 radical (unpaired) electrons. The highest BCUT2D eigenvalue weighted by atomic mass is 32.2. The van der Waals surface area contributed by atoms with Gasteiger partial charge >= 0.3 is 6.02 Å². The van der Waals surface area contributed by atoms with Gasteiger partial charge in [0.15, 0.2) is 8.32 Å². The highest BCUT2D eigenvalue weighted by Gasteiger charge is 2.48. The molecule has 2 aliphatic heterocycles. The van der Waals surface area contributed by atoms with Crippen LogP contribution in [0.5, 0.6) is 0 Å². The Hall–Kier alpha value is -2.53. The van der Waals surface area contributed by atoms with Gasteiger partial charge in [-0.3, -0.25) is 4.90 Å². The maximum atomic E-state index is 15.0. The highest BCUT2D eigenvalue weighted by Crippen LogP contribution is 2.41. The van der Waals surface area contributed by atoms with Crippen LogP contribution in [0.25, 0.3) is 5.57 Å². The number of halogens is 1. The zero-order valence-electron chi connectivity index (χ0n) is 28.7. The van der Waals surface area contributed by atoms with Gasteiger partial charge in [0.1, 0.15) is 16.7 Å². The zero-order chi connectivity index (χ0) is 33.4. The first kappa shape index (κ1) is 35.3. The van der Waals surface area contributed by atoms with Crippen LogP contribution in [0.1, 0.15) is 96.2 Å². The van der Waals surface area contributed by atoms with Gasteiger partial charge in [-0.1, -0.05) is 69.3 Å². The summed E-state index contributed by atoms with van der Waals surface area (Å²) in [6, 6.07) is 13.5. The molecule has 2 aliphatic rings. The minimum atomic E-state index is -4.03. The van der Waals surface area contributed by atoms with Crippen LogP contribution >= 0.6 is 0 Å². The summed E-state index contributed by atoms with van der Waals surface area (Å²) in [6.07, 6.45) is 3.61. The molecule has 1 N–H and O–H groups in total. The van der Waals surface area contributed by atoms with Crippen LogP contribution in [0.15, 0.2) is 59.0 Å². The van der Waals surface area contributed by atoms with E-state index in [4.69, 9.17) is 9.16 Å². The second kappa shape index (κ2) is 12.9. The summed E-state index contributed by atoms with van der Waals surface area (Å²) in [5.74, 6) is -0.391. The number of ether oxygens (including phenoxy) is 1. The molecule has 0 aliphatic carbocycles. The van der Waals surface area contributed by atoms with Gasteiger partial charge in [0.25, 0.3) is 10.0 Å². The van der Waals surface area contributed by atoms with Crippen molar-refractivity contribution in [1.29, 1.82) is 0 Å². The molecule has 2 aromatic rings. The van der Waals surface area contributed by atoms with E-state index in [-0.39, 0.29) is 16.6 Å². The van der Waals surface area contributed by atoms with Gasteiger partial charge < -0.3 is 14.5 Å². The fourth-order valence-electron chi connectivity index (χ4n) is 5.75. The van der Waals surface area contributed by atoms with Crippen molar-refractivity contribution in [3.63, 3.8) is 0 Å². The summed E-state index contributed by atoms with van der Waals surface area (Å²) in [6.45, 7) is 23.3. The van der Waals surface area contributed by atoms with E-state index in [0.29, 0.717) is 24.2 Å². The molecule has 248 valence electrons. The third kappa shape index (κ3) is 8.25. The molecule has 0 saturated heterocycles. The number of hydrogen-bond acceptors (Lipinski definition) is 6. The van der Waals surface area contributed by atoms with E-state index in [0.717, 1.165) is 25.1 Å². The lowest BCUT2D eigenvalue weighted by Crippen LogP contribution is -2.48. The number of sulfonamides is 1. The van der Waals surface area contributed by atoms with E-state index in [2.05, 4.69) is 75.3 Å². The lowest BCUT2D eigenvalue weighted by Gasteiger charge is -2.39. The number of nitrogens with one attached hydrogen (secondary N) is 1. The topological polar surface area (TPSA) is 80.2 Å². The van der Waals surface area contributed by atoms with E-state index < -0.39 is 41.1 Å². The Balaban J connectivity index is 1.55. The van der Waals surface area contributed by atoms with Gasteiger partial charge in [-0.2, -0.15) is 0 Å². The molecule has 10 heteroatoms. The van der Waals surface area contributed by atoms with Gasteiger partial charge in [0.2, 0.25) is 0 Å². The van der Waals surface area contributed by atoms with Crippen molar-refractivity contribution in [3.8, 4) is 0 Å².